The zero-order chi connectivity index (χ0) is 19.7. The molecule has 1 aliphatic heterocycles. The van der Waals surface area contributed by atoms with Crippen LogP contribution in [-0.4, -0.2) is 30.5 Å². The lowest BCUT2D eigenvalue weighted by Crippen LogP contribution is -2.40. The Balaban J connectivity index is 1.56. The van der Waals surface area contributed by atoms with Gasteiger partial charge >= 0.3 is 5.63 Å². The maximum absolute atomic E-state index is 12.5. The average molecular weight is 383 g/mol. The molecule has 5 nitrogen and oxygen atoms in total. The molecule has 1 fully saturated rings. The van der Waals surface area contributed by atoms with Crippen LogP contribution < -0.4 is 10.4 Å². The summed E-state index contributed by atoms with van der Waals surface area (Å²) in [7, 11) is 0. The molecule has 0 unspecified atom stereocenters. The van der Waals surface area contributed by atoms with Gasteiger partial charge in [0.05, 0.1) is 0 Å². The standard InChI is InChI=1S/C23H29NO4/c1-15-10-12-24(13-11-15)21(25)14-27-20-9-8-18-17-6-4-3-5-7-19(17)23(26)28-22(18)16(20)2/h8-9,15H,3-7,10-14H2,1-2H3. The van der Waals surface area contributed by atoms with Gasteiger partial charge in [-0.2, -0.15) is 0 Å². The van der Waals surface area contributed by atoms with Crippen LogP contribution in [0.4, 0.5) is 0 Å². The first-order valence-electron chi connectivity index (χ1n) is 10.5. The number of hydrogen-bond donors (Lipinski definition) is 0. The van der Waals surface area contributed by atoms with E-state index in [-0.39, 0.29) is 18.1 Å². The van der Waals surface area contributed by atoms with Gasteiger partial charge in [0.2, 0.25) is 0 Å². The van der Waals surface area contributed by atoms with Crippen LogP contribution >= 0.6 is 0 Å². The van der Waals surface area contributed by atoms with Crippen molar-refractivity contribution in [1.82, 2.24) is 4.90 Å². The number of likely N-dealkylation sites (tertiary alicyclic amines) is 1. The van der Waals surface area contributed by atoms with Crippen LogP contribution in [0.15, 0.2) is 21.3 Å². The van der Waals surface area contributed by atoms with E-state index in [2.05, 4.69) is 6.92 Å². The highest BCUT2D eigenvalue weighted by molar-refractivity contribution is 5.86. The minimum absolute atomic E-state index is 0.0229. The van der Waals surface area contributed by atoms with Crippen molar-refractivity contribution >= 4 is 16.9 Å². The number of amides is 1. The number of carbonyl (C=O) groups is 1. The molecule has 0 saturated carbocycles. The molecule has 5 heteroatoms. The Hall–Kier alpha value is -2.30. The van der Waals surface area contributed by atoms with Gasteiger partial charge in [0.15, 0.2) is 6.61 Å². The summed E-state index contributed by atoms with van der Waals surface area (Å²) in [6.45, 7) is 5.76. The topological polar surface area (TPSA) is 59.8 Å². The summed E-state index contributed by atoms with van der Waals surface area (Å²) in [4.78, 5) is 26.9. The number of ether oxygens (including phenoxy) is 1. The first-order valence-corrected chi connectivity index (χ1v) is 10.5. The third-order valence-corrected chi connectivity index (χ3v) is 6.33. The Morgan fingerprint density at radius 2 is 1.86 bits per heavy atom. The molecule has 2 aliphatic rings. The molecule has 1 saturated heterocycles. The SMILES string of the molecule is Cc1c(OCC(=O)N2CCC(C)CC2)ccc2c3c(c(=O)oc12)CCCCC3. The van der Waals surface area contributed by atoms with Gasteiger partial charge in [-0.15, -0.1) is 0 Å². The van der Waals surface area contributed by atoms with Gasteiger partial charge < -0.3 is 14.1 Å². The molecule has 0 spiro atoms. The van der Waals surface area contributed by atoms with E-state index < -0.39 is 0 Å². The monoisotopic (exact) mass is 383 g/mol. The summed E-state index contributed by atoms with van der Waals surface area (Å²) in [5.41, 5.74) is 3.15. The normalized spacial score (nSPS) is 18.0. The van der Waals surface area contributed by atoms with E-state index in [1.54, 1.807) is 0 Å². The molecule has 2 aromatic rings. The third kappa shape index (κ3) is 3.67. The van der Waals surface area contributed by atoms with Crippen molar-refractivity contribution in [3.63, 3.8) is 0 Å². The number of nitrogens with zero attached hydrogens (tertiary/aromatic N) is 1. The fourth-order valence-electron chi connectivity index (χ4n) is 4.45. The second-order valence-corrected chi connectivity index (χ2v) is 8.32. The summed E-state index contributed by atoms with van der Waals surface area (Å²) in [6.07, 6.45) is 7.12. The molecular weight excluding hydrogens is 354 g/mol. The van der Waals surface area contributed by atoms with Crippen LogP contribution in [0.25, 0.3) is 11.0 Å². The van der Waals surface area contributed by atoms with Crippen LogP contribution in [0.1, 0.15) is 55.7 Å². The molecule has 1 aromatic heterocycles. The Bertz CT molecular complexity index is 938. The van der Waals surface area contributed by atoms with Gasteiger partial charge in [0.1, 0.15) is 11.3 Å². The highest BCUT2D eigenvalue weighted by Gasteiger charge is 2.22. The highest BCUT2D eigenvalue weighted by atomic mass is 16.5. The second-order valence-electron chi connectivity index (χ2n) is 8.32. The van der Waals surface area contributed by atoms with E-state index in [9.17, 15) is 9.59 Å². The van der Waals surface area contributed by atoms with Gasteiger partial charge in [-0.1, -0.05) is 13.3 Å². The van der Waals surface area contributed by atoms with Crippen molar-refractivity contribution < 1.29 is 13.9 Å². The molecule has 28 heavy (non-hydrogen) atoms. The number of hydrogen-bond acceptors (Lipinski definition) is 4. The fraction of sp³-hybridized carbons (Fsp3) is 0.565. The Labute approximate surface area is 165 Å². The molecule has 1 aliphatic carbocycles. The summed E-state index contributed by atoms with van der Waals surface area (Å²) < 4.78 is 11.5. The summed E-state index contributed by atoms with van der Waals surface area (Å²) in [5.74, 6) is 1.32. The maximum atomic E-state index is 12.5. The lowest BCUT2D eigenvalue weighted by molar-refractivity contribution is -0.134. The first-order chi connectivity index (χ1) is 13.5. The molecule has 4 rings (SSSR count). The first kappa shape index (κ1) is 19.0. The van der Waals surface area contributed by atoms with Gasteiger partial charge in [-0.3, -0.25) is 4.79 Å². The van der Waals surface area contributed by atoms with Crippen molar-refractivity contribution in [3.8, 4) is 5.75 Å². The largest absolute Gasteiger partial charge is 0.483 e. The number of carbonyl (C=O) groups excluding carboxylic acids is 1. The third-order valence-electron chi connectivity index (χ3n) is 6.33. The van der Waals surface area contributed by atoms with Crippen molar-refractivity contribution in [2.24, 2.45) is 5.92 Å². The smallest absolute Gasteiger partial charge is 0.339 e. The molecule has 1 aromatic carbocycles. The van der Waals surface area contributed by atoms with Gasteiger partial charge in [-0.25, -0.2) is 4.79 Å². The lowest BCUT2D eigenvalue weighted by atomic mass is 9.98. The zero-order valence-electron chi connectivity index (χ0n) is 16.9. The number of piperidine rings is 1. The van der Waals surface area contributed by atoms with E-state index in [1.807, 2.05) is 24.0 Å². The van der Waals surface area contributed by atoms with Crippen LogP contribution in [-0.2, 0) is 17.6 Å². The number of benzene rings is 1. The molecule has 0 radical (unpaired) electrons. The van der Waals surface area contributed by atoms with E-state index in [0.29, 0.717) is 17.3 Å². The average Bonchev–Trinajstić information content (AvgIpc) is 2.95. The predicted octanol–water partition coefficient (Wildman–Crippen LogP) is 4.01. The minimum Gasteiger partial charge on any atom is -0.483 e. The summed E-state index contributed by atoms with van der Waals surface area (Å²) in [6, 6.07) is 3.90. The molecular formula is C23H29NO4. The van der Waals surface area contributed by atoms with Crippen LogP contribution in [0.5, 0.6) is 5.75 Å². The highest BCUT2D eigenvalue weighted by Crippen LogP contribution is 2.32. The van der Waals surface area contributed by atoms with Gasteiger partial charge in [-0.05, 0) is 69.1 Å². The summed E-state index contributed by atoms with van der Waals surface area (Å²) >= 11 is 0. The zero-order valence-corrected chi connectivity index (χ0v) is 16.9. The van der Waals surface area contributed by atoms with Gasteiger partial charge in [0.25, 0.3) is 5.91 Å². The van der Waals surface area contributed by atoms with Crippen LogP contribution in [0.3, 0.4) is 0 Å². The molecule has 2 heterocycles. The van der Waals surface area contributed by atoms with Crippen molar-refractivity contribution in [3.05, 3.63) is 39.2 Å². The number of fused-ring (bicyclic) bond motifs is 3. The fourth-order valence-corrected chi connectivity index (χ4v) is 4.45. The Morgan fingerprint density at radius 3 is 2.61 bits per heavy atom. The van der Waals surface area contributed by atoms with E-state index in [4.69, 9.17) is 9.15 Å². The summed E-state index contributed by atoms with van der Waals surface area (Å²) in [5, 5.41) is 1.01. The van der Waals surface area contributed by atoms with Gasteiger partial charge in [0, 0.05) is 29.6 Å². The molecule has 0 N–H and O–H groups in total. The number of rotatable bonds is 3. The van der Waals surface area contributed by atoms with Crippen molar-refractivity contribution in [1.29, 1.82) is 0 Å². The van der Waals surface area contributed by atoms with Crippen molar-refractivity contribution in [2.45, 2.75) is 58.8 Å². The number of aryl methyl sites for hydroxylation is 2. The molecule has 0 atom stereocenters. The second kappa shape index (κ2) is 7.98. The Kier molecular flexibility index (Phi) is 5.42. The lowest BCUT2D eigenvalue weighted by Gasteiger charge is -2.30. The van der Waals surface area contributed by atoms with Crippen LogP contribution in [0, 0.1) is 12.8 Å². The molecule has 1 amide bonds. The van der Waals surface area contributed by atoms with E-state index >= 15 is 0 Å². The molecule has 150 valence electrons. The van der Waals surface area contributed by atoms with Crippen molar-refractivity contribution in [2.75, 3.05) is 19.7 Å². The van der Waals surface area contributed by atoms with E-state index in [1.165, 1.54) is 0 Å². The predicted molar refractivity (Wildman–Crippen MR) is 109 cm³/mol. The minimum atomic E-state index is -0.219. The quantitative estimate of drug-likeness (QED) is 0.594. The Morgan fingerprint density at radius 1 is 1.14 bits per heavy atom. The molecule has 0 bridgehead atoms. The maximum Gasteiger partial charge on any atom is 0.339 e. The van der Waals surface area contributed by atoms with E-state index in [0.717, 1.165) is 80.1 Å². The van der Waals surface area contributed by atoms with Crippen LogP contribution in [0.2, 0.25) is 0 Å².